The van der Waals surface area contributed by atoms with Crippen molar-refractivity contribution in [3.05, 3.63) is 35.4 Å². The van der Waals surface area contributed by atoms with E-state index in [1.54, 1.807) is 0 Å². The van der Waals surface area contributed by atoms with E-state index in [-0.39, 0.29) is 11.6 Å². The van der Waals surface area contributed by atoms with E-state index < -0.39 is 0 Å². The highest BCUT2D eigenvalue weighted by Gasteiger charge is 2.17. The van der Waals surface area contributed by atoms with Gasteiger partial charge >= 0.3 is 0 Å². The van der Waals surface area contributed by atoms with Gasteiger partial charge in [0.15, 0.2) is 0 Å². The van der Waals surface area contributed by atoms with Crippen LogP contribution in [0.4, 0.5) is 8.78 Å². The lowest BCUT2D eigenvalue weighted by atomic mass is 9.87. The average molecular weight is 239 g/mol. The van der Waals surface area contributed by atoms with Crippen LogP contribution in [0.2, 0.25) is 0 Å². The summed E-state index contributed by atoms with van der Waals surface area (Å²) in [6.07, 6.45) is 4.73. The van der Waals surface area contributed by atoms with Crippen molar-refractivity contribution in [3.8, 4) is 0 Å². The molecular formula is C14H19F2N. The molecule has 1 saturated carbocycles. The van der Waals surface area contributed by atoms with Crippen molar-refractivity contribution in [1.29, 1.82) is 0 Å². The van der Waals surface area contributed by atoms with Crippen LogP contribution in [0.1, 0.15) is 38.2 Å². The lowest BCUT2D eigenvalue weighted by Gasteiger charge is -2.27. The first kappa shape index (κ1) is 12.5. The van der Waals surface area contributed by atoms with Crippen molar-refractivity contribution in [2.24, 2.45) is 5.92 Å². The first-order valence-electron chi connectivity index (χ1n) is 6.32. The van der Waals surface area contributed by atoms with E-state index in [0.29, 0.717) is 18.2 Å². The molecule has 3 heteroatoms. The van der Waals surface area contributed by atoms with E-state index in [1.807, 2.05) is 0 Å². The molecule has 0 aliphatic heterocycles. The lowest BCUT2D eigenvalue weighted by molar-refractivity contribution is 0.305. The highest BCUT2D eigenvalue weighted by Crippen LogP contribution is 2.23. The third-order valence-corrected chi connectivity index (χ3v) is 3.60. The number of hydrogen-bond donors (Lipinski definition) is 1. The molecule has 0 spiro atoms. The maximum absolute atomic E-state index is 13.4. The Hall–Kier alpha value is -0.960. The molecule has 1 aliphatic carbocycles. The van der Waals surface area contributed by atoms with Crippen LogP contribution < -0.4 is 5.32 Å². The fourth-order valence-corrected chi connectivity index (χ4v) is 2.40. The topological polar surface area (TPSA) is 12.0 Å². The van der Waals surface area contributed by atoms with E-state index in [0.717, 1.165) is 24.8 Å². The summed E-state index contributed by atoms with van der Waals surface area (Å²) in [6, 6.07) is 4.07. The number of nitrogens with one attached hydrogen (secondary N) is 1. The second kappa shape index (κ2) is 5.58. The smallest absolute Gasteiger partial charge is 0.127 e. The second-order valence-electron chi connectivity index (χ2n) is 5.07. The van der Waals surface area contributed by atoms with Crippen LogP contribution in [0.3, 0.4) is 0 Å². The summed E-state index contributed by atoms with van der Waals surface area (Å²) >= 11 is 0. The van der Waals surface area contributed by atoms with Gasteiger partial charge < -0.3 is 5.32 Å². The summed E-state index contributed by atoms with van der Waals surface area (Å²) in [5.74, 6) is 0.0995. The van der Waals surface area contributed by atoms with Gasteiger partial charge in [0.25, 0.3) is 0 Å². The van der Waals surface area contributed by atoms with Crippen molar-refractivity contribution in [1.82, 2.24) is 5.32 Å². The Morgan fingerprint density at radius 2 is 1.88 bits per heavy atom. The minimum atomic E-state index is -0.375. The molecule has 0 unspecified atom stereocenters. The van der Waals surface area contributed by atoms with E-state index in [1.165, 1.54) is 25.0 Å². The molecular weight excluding hydrogens is 220 g/mol. The summed E-state index contributed by atoms with van der Waals surface area (Å²) in [5.41, 5.74) is 0.420. The Labute approximate surface area is 101 Å². The number of hydrogen-bond acceptors (Lipinski definition) is 1. The van der Waals surface area contributed by atoms with Gasteiger partial charge in [-0.1, -0.05) is 6.92 Å². The predicted octanol–water partition coefficient (Wildman–Crippen LogP) is 3.63. The van der Waals surface area contributed by atoms with Crippen LogP contribution in [-0.2, 0) is 6.54 Å². The molecule has 0 saturated heterocycles. The fraction of sp³-hybridized carbons (Fsp3) is 0.571. The SMILES string of the molecule is CC1CCC(NCc2cc(F)ccc2F)CC1. The number of rotatable bonds is 3. The standard InChI is InChI=1S/C14H19F2N/c1-10-2-5-13(6-3-10)17-9-11-8-12(15)4-7-14(11)16/h4,7-8,10,13,17H,2-3,5-6,9H2,1H3. The molecule has 1 aromatic carbocycles. The average Bonchev–Trinajstić information content (AvgIpc) is 2.32. The Kier molecular flexibility index (Phi) is 4.11. The Morgan fingerprint density at radius 3 is 2.59 bits per heavy atom. The van der Waals surface area contributed by atoms with E-state index in [9.17, 15) is 8.78 Å². The minimum Gasteiger partial charge on any atom is -0.310 e. The van der Waals surface area contributed by atoms with Gasteiger partial charge in [-0.2, -0.15) is 0 Å². The van der Waals surface area contributed by atoms with Gasteiger partial charge in [0.1, 0.15) is 11.6 Å². The third kappa shape index (κ3) is 3.50. The molecule has 94 valence electrons. The van der Waals surface area contributed by atoms with Crippen LogP contribution in [0.5, 0.6) is 0 Å². The molecule has 17 heavy (non-hydrogen) atoms. The molecule has 0 heterocycles. The van der Waals surface area contributed by atoms with E-state index in [4.69, 9.17) is 0 Å². The monoisotopic (exact) mass is 239 g/mol. The first-order valence-corrected chi connectivity index (χ1v) is 6.32. The summed E-state index contributed by atoms with van der Waals surface area (Å²) in [4.78, 5) is 0. The van der Waals surface area contributed by atoms with Gasteiger partial charge in [-0.3, -0.25) is 0 Å². The molecule has 0 amide bonds. The van der Waals surface area contributed by atoms with Gasteiger partial charge in [-0.25, -0.2) is 8.78 Å². The van der Waals surface area contributed by atoms with Crippen LogP contribution in [-0.4, -0.2) is 6.04 Å². The highest BCUT2D eigenvalue weighted by molar-refractivity contribution is 5.18. The summed E-state index contributed by atoms with van der Waals surface area (Å²) < 4.78 is 26.3. The summed E-state index contributed by atoms with van der Waals surface area (Å²) in [6.45, 7) is 2.69. The Balaban J connectivity index is 1.87. The molecule has 1 aromatic rings. The molecule has 1 nitrogen and oxygen atoms in total. The molecule has 0 aromatic heterocycles. The molecule has 0 radical (unpaired) electrons. The van der Waals surface area contributed by atoms with Crippen molar-refractivity contribution < 1.29 is 8.78 Å². The van der Waals surface area contributed by atoms with Crippen molar-refractivity contribution >= 4 is 0 Å². The largest absolute Gasteiger partial charge is 0.310 e. The first-order chi connectivity index (χ1) is 8.15. The van der Waals surface area contributed by atoms with Crippen LogP contribution in [0.15, 0.2) is 18.2 Å². The molecule has 1 aliphatic rings. The van der Waals surface area contributed by atoms with E-state index in [2.05, 4.69) is 12.2 Å². The van der Waals surface area contributed by atoms with Crippen LogP contribution in [0, 0.1) is 17.6 Å². The van der Waals surface area contributed by atoms with Crippen LogP contribution in [0.25, 0.3) is 0 Å². The van der Waals surface area contributed by atoms with Crippen molar-refractivity contribution in [2.75, 3.05) is 0 Å². The predicted molar refractivity (Wildman–Crippen MR) is 64.6 cm³/mol. The minimum absolute atomic E-state index is 0.330. The number of benzene rings is 1. The zero-order chi connectivity index (χ0) is 12.3. The van der Waals surface area contributed by atoms with Crippen LogP contribution >= 0.6 is 0 Å². The maximum atomic E-state index is 13.4. The quantitative estimate of drug-likeness (QED) is 0.849. The van der Waals surface area contributed by atoms with Gasteiger partial charge in [0.2, 0.25) is 0 Å². The van der Waals surface area contributed by atoms with Gasteiger partial charge in [-0.05, 0) is 49.8 Å². The van der Waals surface area contributed by atoms with Crippen molar-refractivity contribution in [2.45, 2.75) is 45.2 Å². The molecule has 0 bridgehead atoms. The highest BCUT2D eigenvalue weighted by atomic mass is 19.1. The summed E-state index contributed by atoms with van der Waals surface area (Å²) in [5, 5.41) is 3.32. The maximum Gasteiger partial charge on any atom is 0.127 e. The zero-order valence-corrected chi connectivity index (χ0v) is 10.2. The van der Waals surface area contributed by atoms with Crippen molar-refractivity contribution in [3.63, 3.8) is 0 Å². The molecule has 1 fully saturated rings. The molecule has 2 rings (SSSR count). The zero-order valence-electron chi connectivity index (χ0n) is 10.2. The normalized spacial score (nSPS) is 24.9. The van der Waals surface area contributed by atoms with Gasteiger partial charge in [0.05, 0.1) is 0 Å². The third-order valence-electron chi connectivity index (χ3n) is 3.60. The van der Waals surface area contributed by atoms with Gasteiger partial charge in [-0.15, -0.1) is 0 Å². The Bertz CT molecular complexity index is 370. The lowest BCUT2D eigenvalue weighted by Crippen LogP contribution is -2.32. The number of halogens is 2. The second-order valence-corrected chi connectivity index (χ2v) is 5.07. The van der Waals surface area contributed by atoms with Gasteiger partial charge in [0, 0.05) is 18.2 Å². The Morgan fingerprint density at radius 1 is 1.18 bits per heavy atom. The summed E-state index contributed by atoms with van der Waals surface area (Å²) in [7, 11) is 0. The fourth-order valence-electron chi connectivity index (χ4n) is 2.40. The molecule has 0 atom stereocenters. The molecule has 1 N–H and O–H groups in total. The van der Waals surface area contributed by atoms with E-state index >= 15 is 0 Å².